The van der Waals surface area contributed by atoms with Crippen LogP contribution >= 0.6 is 11.6 Å². The zero-order valence-electron chi connectivity index (χ0n) is 7.67. The number of hydrogen-bond donors (Lipinski definition) is 0. The molecule has 0 fully saturated rings. The van der Waals surface area contributed by atoms with E-state index in [1.165, 1.54) is 6.08 Å². The Balaban J connectivity index is 3.20. The van der Waals surface area contributed by atoms with E-state index in [0.29, 0.717) is 11.3 Å². The average Bonchev–Trinajstić information content (AvgIpc) is 2.09. The molecule has 13 heavy (non-hydrogen) atoms. The van der Waals surface area contributed by atoms with Crippen LogP contribution in [0.15, 0.2) is 24.3 Å². The number of rotatable bonds is 2. The minimum Gasteiger partial charge on any atom is -0.299 e. The highest BCUT2D eigenvalue weighted by Gasteiger charge is 2.01. The summed E-state index contributed by atoms with van der Waals surface area (Å²) in [6.07, 6.45) is 2.06. The largest absolute Gasteiger partial charge is 0.299 e. The Bertz CT molecular complexity index is 353. The molecule has 0 saturated heterocycles. The van der Waals surface area contributed by atoms with Gasteiger partial charge < -0.3 is 0 Å². The van der Waals surface area contributed by atoms with Crippen LogP contribution < -0.4 is 0 Å². The summed E-state index contributed by atoms with van der Waals surface area (Å²) in [4.78, 5) is 10.2. The first-order chi connectivity index (χ1) is 6.15. The van der Waals surface area contributed by atoms with Crippen molar-refractivity contribution in [3.63, 3.8) is 0 Å². The van der Waals surface area contributed by atoms with Crippen LogP contribution in [-0.4, -0.2) is 6.29 Å². The minimum absolute atomic E-state index is 0.496. The summed E-state index contributed by atoms with van der Waals surface area (Å²) in [5, 5.41) is 0.496. The van der Waals surface area contributed by atoms with E-state index in [1.54, 1.807) is 0 Å². The summed E-state index contributed by atoms with van der Waals surface area (Å²) in [5.41, 5.74) is 3.14. The quantitative estimate of drug-likeness (QED) is 0.523. The van der Waals surface area contributed by atoms with Gasteiger partial charge in [0.1, 0.15) is 6.29 Å². The van der Waals surface area contributed by atoms with Crippen LogP contribution in [0, 0.1) is 13.8 Å². The summed E-state index contributed by atoms with van der Waals surface area (Å²) in [5.74, 6) is 0. The first-order valence-corrected chi connectivity index (χ1v) is 4.41. The first-order valence-electron chi connectivity index (χ1n) is 4.03. The van der Waals surface area contributed by atoms with Crippen molar-refractivity contribution in [3.05, 3.63) is 41.0 Å². The maximum Gasteiger partial charge on any atom is 0.144 e. The van der Waals surface area contributed by atoms with Gasteiger partial charge in [-0.15, -0.1) is 0 Å². The van der Waals surface area contributed by atoms with E-state index >= 15 is 0 Å². The molecule has 1 nitrogen and oxygen atoms in total. The summed E-state index contributed by atoms with van der Waals surface area (Å²) >= 11 is 5.91. The van der Waals surface area contributed by atoms with Gasteiger partial charge in [-0.3, -0.25) is 4.79 Å². The second-order valence-electron chi connectivity index (χ2n) is 2.97. The third kappa shape index (κ3) is 2.43. The molecule has 0 heterocycles. The molecule has 0 aliphatic heterocycles. The van der Waals surface area contributed by atoms with Gasteiger partial charge in [-0.2, -0.15) is 0 Å². The number of carbonyl (C=O) groups excluding carboxylic acids is 1. The van der Waals surface area contributed by atoms with E-state index in [-0.39, 0.29) is 0 Å². The van der Waals surface area contributed by atoms with Gasteiger partial charge in [-0.05, 0) is 31.1 Å². The predicted octanol–water partition coefficient (Wildman–Crippen LogP) is 3.08. The summed E-state index contributed by atoms with van der Waals surface area (Å²) in [6, 6.07) is 5.98. The second-order valence-corrected chi connectivity index (χ2v) is 3.38. The van der Waals surface area contributed by atoms with Crippen LogP contribution in [0.5, 0.6) is 0 Å². The Morgan fingerprint density at radius 2 is 2.08 bits per heavy atom. The first kappa shape index (κ1) is 10.0. The molecule has 0 saturated carbocycles. The summed E-state index contributed by atoms with van der Waals surface area (Å²) < 4.78 is 0. The van der Waals surface area contributed by atoms with E-state index < -0.39 is 0 Å². The van der Waals surface area contributed by atoms with E-state index in [0.717, 1.165) is 16.7 Å². The average molecular weight is 195 g/mol. The van der Waals surface area contributed by atoms with Crippen LogP contribution in [0.4, 0.5) is 0 Å². The van der Waals surface area contributed by atoms with Crippen LogP contribution in [-0.2, 0) is 4.79 Å². The lowest BCUT2D eigenvalue weighted by molar-refractivity contribution is -0.104. The van der Waals surface area contributed by atoms with Crippen LogP contribution in [0.2, 0.25) is 0 Å². The van der Waals surface area contributed by atoms with Crippen LogP contribution in [0.25, 0.3) is 5.03 Å². The fraction of sp³-hybridized carbons (Fsp3) is 0.182. The second kappa shape index (κ2) is 4.24. The number of hydrogen-bond acceptors (Lipinski definition) is 1. The molecule has 2 heteroatoms. The van der Waals surface area contributed by atoms with Gasteiger partial charge in [0.25, 0.3) is 0 Å². The van der Waals surface area contributed by atoms with E-state index in [4.69, 9.17) is 11.6 Å². The Morgan fingerprint density at radius 1 is 1.38 bits per heavy atom. The number of aryl methyl sites for hydroxylation is 2. The highest BCUT2D eigenvalue weighted by Crippen LogP contribution is 2.22. The fourth-order valence-electron chi connectivity index (χ4n) is 1.14. The molecular weight excluding hydrogens is 184 g/mol. The molecule has 0 atom stereocenters. The zero-order chi connectivity index (χ0) is 9.84. The highest BCUT2D eigenvalue weighted by molar-refractivity contribution is 6.49. The zero-order valence-corrected chi connectivity index (χ0v) is 8.43. The molecule has 68 valence electrons. The maximum absolute atomic E-state index is 10.2. The number of halogens is 1. The van der Waals surface area contributed by atoms with Gasteiger partial charge in [0.2, 0.25) is 0 Å². The normalized spacial score (nSPS) is 11.5. The molecular formula is C11H11ClO. The molecule has 0 bridgehead atoms. The Hall–Kier alpha value is -1.08. The Morgan fingerprint density at radius 3 is 2.69 bits per heavy atom. The van der Waals surface area contributed by atoms with Crippen LogP contribution in [0.1, 0.15) is 16.7 Å². The number of aldehydes is 1. The molecule has 1 aromatic rings. The lowest BCUT2D eigenvalue weighted by Gasteiger charge is -2.04. The van der Waals surface area contributed by atoms with Gasteiger partial charge in [0.15, 0.2) is 0 Å². The van der Waals surface area contributed by atoms with Crippen molar-refractivity contribution in [2.45, 2.75) is 13.8 Å². The molecule has 0 aliphatic carbocycles. The van der Waals surface area contributed by atoms with Crippen molar-refractivity contribution in [3.8, 4) is 0 Å². The predicted molar refractivity (Wildman–Crippen MR) is 55.8 cm³/mol. The van der Waals surface area contributed by atoms with Crippen LogP contribution in [0.3, 0.4) is 0 Å². The molecule has 0 radical (unpaired) electrons. The number of carbonyl (C=O) groups is 1. The monoisotopic (exact) mass is 194 g/mol. The topological polar surface area (TPSA) is 17.1 Å². The lowest BCUT2D eigenvalue weighted by Crippen LogP contribution is -1.85. The standard InChI is InChI=1S/C11H11ClO/c1-8-3-4-9(2)10(7-8)11(12)5-6-13/h3-7H,1-2H3/b11-5-. The molecule has 0 unspecified atom stereocenters. The molecule has 1 aromatic carbocycles. The molecule has 0 amide bonds. The molecule has 0 aliphatic rings. The van der Waals surface area contributed by atoms with Gasteiger partial charge in [-0.1, -0.05) is 35.4 Å². The Labute approximate surface area is 83.0 Å². The number of allylic oxidation sites excluding steroid dienone is 1. The minimum atomic E-state index is 0.496. The van der Waals surface area contributed by atoms with Gasteiger partial charge in [-0.25, -0.2) is 0 Å². The SMILES string of the molecule is Cc1ccc(C)c(/C(Cl)=C/C=O)c1. The molecule has 0 N–H and O–H groups in total. The third-order valence-corrected chi connectivity index (χ3v) is 2.19. The smallest absolute Gasteiger partial charge is 0.144 e. The summed E-state index contributed by atoms with van der Waals surface area (Å²) in [7, 11) is 0. The van der Waals surface area contributed by atoms with Gasteiger partial charge >= 0.3 is 0 Å². The lowest BCUT2D eigenvalue weighted by atomic mass is 10.1. The maximum atomic E-state index is 10.2. The molecule has 1 rings (SSSR count). The van der Waals surface area contributed by atoms with E-state index in [2.05, 4.69) is 0 Å². The van der Waals surface area contributed by atoms with Gasteiger partial charge in [0, 0.05) is 0 Å². The van der Waals surface area contributed by atoms with E-state index in [9.17, 15) is 4.79 Å². The molecule has 0 aromatic heterocycles. The number of benzene rings is 1. The van der Waals surface area contributed by atoms with Gasteiger partial charge in [0.05, 0.1) is 5.03 Å². The van der Waals surface area contributed by atoms with Crippen molar-refractivity contribution in [2.24, 2.45) is 0 Å². The highest BCUT2D eigenvalue weighted by atomic mass is 35.5. The van der Waals surface area contributed by atoms with Crippen molar-refractivity contribution < 1.29 is 4.79 Å². The summed E-state index contributed by atoms with van der Waals surface area (Å²) in [6.45, 7) is 3.96. The Kier molecular flexibility index (Phi) is 3.26. The van der Waals surface area contributed by atoms with Crippen molar-refractivity contribution in [1.82, 2.24) is 0 Å². The van der Waals surface area contributed by atoms with Crippen molar-refractivity contribution in [2.75, 3.05) is 0 Å². The van der Waals surface area contributed by atoms with Crippen molar-refractivity contribution >= 4 is 22.9 Å². The fourth-order valence-corrected chi connectivity index (χ4v) is 1.40. The molecule has 0 spiro atoms. The third-order valence-electron chi connectivity index (χ3n) is 1.86. The van der Waals surface area contributed by atoms with Crippen molar-refractivity contribution in [1.29, 1.82) is 0 Å². The van der Waals surface area contributed by atoms with E-state index in [1.807, 2.05) is 32.0 Å².